The van der Waals surface area contributed by atoms with Crippen LogP contribution in [-0.2, 0) is 0 Å². The number of para-hydroxylation sites is 1. The van der Waals surface area contributed by atoms with Gasteiger partial charge < -0.3 is 16.0 Å². The lowest BCUT2D eigenvalue weighted by atomic mass is 10.2. The standard InChI is InChI=1S/C20H16IN3O2/c21-15-8-6-14(7-9-15)19(25)22-17-10-12-18(13-11-17)24-20(26)23-16-4-2-1-3-5-16/h1-13H,(H,22,25)(H2,23,24,26). The van der Waals surface area contributed by atoms with Crippen LogP contribution in [0.15, 0.2) is 78.9 Å². The molecule has 0 atom stereocenters. The first-order valence-electron chi connectivity index (χ1n) is 7.90. The van der Waals surface area contributed by atoms with Gasteiger partial charge in [-0.3, -0.25) is 4.79 Å². The molecule has 0 fully saturated rings. The van der Waals surface area contributed by atoms with E-state index in [9.17, 15) is 9.59 Å². The Morgan fingerprint density at radius 2 is 1.12 bits per heavy atom. The molecule has 3 aromatic carbocycles. The van der Waals surface area contributed by atoms with E-state index in [1.807, 2.05) is 42.5 Å². The number of carbonyl (C=O) groups excluding carboxylic acids is 2. The molecule has 0 saturated carbocycles. The molecule has 0 aliphatic rings. The van der Waals surface area contributed by atoms with Crippen LogP contribution in [0.4, 0.5) is 21.9 Å². The molecule has 3 aromatic rings. The van der Waals surface area contributed by atoms with E-state index >= 15 is 0 Å². The summed E-state index contributed by atoms with van der Waals surface area (Å²) in [5.41, 5.74) is 2.59. The molecule has 0 aromatic heterocycles. The zero-order chi connectivity index (χ0) is 18.4. The smallest absolute Gasteiger partial charge is 0.322 e. The first-order chi connectivity index (χ1) is 12.6. The molecule has 0 saturated heterocycles. The lowest BCUT2D eigenvalue weighted by Crippen LogP contribution is -2.19. The lowest BCUT2D eigenvalue weighted by Gasteiger charge is -2.09. The van der Waals surface area contributed by atoms with Crippen molar-refractivity contribution in [2.75, 3.05) is 16.0 Å². The number of benzene rings is 3. The maximum atomic E-state index is 12.2. The summed E-state index contributed by atoms with van der Waals surface area (Å²) in [6.07, 6.45) is 0. The van der Waals surface area contributed by atoms with Crippen LogP contribution in [-0.4, -0.2) is 11.9 Å². The molecule has 3 amide bonds. The van der Waals surface area contributed by atoms with Crippen LogP contribution >= 0.6 is 22.6 Å². The zero-order valence-electron chi connectivity index (χ0n) is 13.7. The van der Waals surface area contributed by atoms with Crippen molar-refractivity contribution in [3.05, 3.63) is 88.0 Å². The third kappa shape index (κ3) is 5.06. The van der Waals surface area contributed by atoms with Crippen LogP contribution in [0.1, 0.15) is 10.4 Å². The van der Waals surface area contributed by atoms with E-state index in [4.69, 9.17) is 0 Å². The Kier molecular flexibility index (Phi) is 5.85. The van der Waals surface area contributed by atoms with Gasteiger partial charge in [0, 0.05) is 26.2 Å². The highest BCUT2D eigenvalue weighted by Gasteiger charge is 2.06. The summed E-state index contributed by atoms with van der Waals surface area (Å²) in [6, 6.07) is 23.1. The highest BCUT2D eigenvalue weighted by Crippen LogP contribution is 2.16. The number of nitrogens with one attached hydrogen (secondary N) is 3. The summed E-state index contributed by atoms with van der Waals surface area (Å²) in [6.45, 7) is 0. The largest absolute Gasteiger partial charge is 0.323 e. The van der Waals surface area contributed by atoms with Gasteiger partial charge in [0.1, 0.15) is 0 Å². The molecule has 3 N–H and O–H groups in total. The van der Waals surface area contributed by atoms with Crippen molar-refractivity contribution in [2.24, 2.45) is 0 Å². The van der Waals surface area contributed by atoms with Crippen molar-refractivity contribution >= 4 is 51.6 Å². The summed E-state index contributed by atoms with van der Waals surface area (Å²) in [4.78, 5) is 24.2. The summed E-state index contributed by atoms with van der Waals surface area (Å²) >= 11 is 2.19. The monoisotopic (exact) mass is 457 g/mol. The van der Waals surface area contributed by atoms with Crippen molar-refractivity contribution in [1.82, 2.24) is 0 Å². The minimum Gasteiger partial charge on any atom is -0.322 e. The number of rotatable bonds is 4. The highest BCUT2D eigenvalue weighted by molar-refractivity contribution is 14.1. The van der Waals surface area contributed by atoms with Gasteiger partial charge in [0.2, 0.25) is 0 Å². The topological polar surface area (TPSA) is 70.2 Å². The second kappa shape index (κ2) is 8.48. The SMILES string of the molecule is O=C(Nc1ccccc1)Nc1ccc(NC(=O)c2ccc(I)cc2)cc1. The van der Waals surface area contributed by atoms with E-state index < -0.39 is 0 Å². The number of anilines is 3. The molecule has 0 aliphatic heterocycles. The second-order valence-electron chi connectivity index (χ2n) is 5.48. The van der Waals surface area contributed by atoms with E-state index in [-0.39, 0.29) is 11.9 Å². The number of hydrogen-bond donors (Lipinski definition) is 3. The van der Waals surface area contributed by atoms with Crippen molar-refractivity contribution in [2.45, 2.75) is 0 Å². The molecule has 0 heterocycles. The van der Waals surface area contributed by atoms with Gasteiger partial charge in [0.05, 0.1) is 0 Å². The maximum absolute atomic E-state index is 12.2. The number of urea groups is 1. The van der Waals surface area contributed by atoms with E-state index in [0.717, 1.165) is 3.57 Å². The van der Waals surface area contributed by atoms with Crippen molar-refractivity contribution in [3.8, 4) is 0 Å². The molecule has 26 heavy (non-hydrogen) atoms. The van der Waals surface area contributed by atoms with Gasteiger partial charge in [-0.1, -0.05) is 18.2 Å². The number of amides is 3. The zero-order valence-corrected chi connectivity index (χ0v) is 15.9. The van der Waals surface area contributed by atoms with Crippen LogP contribution < -0.4 is 16.0 Å². The third-order valence-corrected chi connectivity index (χ3v) is 4.26. The molecule has 5 nitrogen and oxygen atoms in total. The summed E-state index contributed by atoms with van der Waals surface area (Å²) in [5.74, 6) is -0.177. The molecule has 0 unspecified atom stereocenters. The van der Waals surface area contributed by atoms with Gasteiger partial charge in [-0.2, -0.15) is 0 Å². The first kappa shape index (κ1) is 17.9. The number of carbonyl (C=O) groups is 2. The number of halogens is 1. The van der Waals surface area contributed by atoms with Gasteiger partial charge in [0.25, 0.3) is 5.91 Å². The Labute approximate surface area is 165 Å². The van der Waals surface area contributed by atoms with Gasteiger partial charge in [-0.15, -0.1) is 0 Å². The van der Waals surface area contributed by atoms with Crippen LogP contribution in [0, 0.1) is 3.57 Å². The Hall–Kier alpha value is -2.87. The number of hydrogen-bond acceptors (Lipinski definition) is 2. The fraction of sp³-hybridized carbons (Fsp3) is 0. The fourth-order valence-corrected chi connectivity index (χ4v) is 2.62. The average Bonchev–Trinajstić information content (AvgIpc) is 2.64. The second-order valence-corrected chi connectivity index (χ2v) is 6.73. The summed E-state index contributed by atoms with van der Waals surface area (Å²) in [7, 11) is 0. The summed E-state index contributed by atoms with van der Waals surface area (Å²) < 4.78 is 1.07. The van der Waals surface area contributed by atoms with Gasteiger partial charge >= 0.3 is 6.03 Å². The Morgan fingerprint density at radius 1 is 0.615 bits per heavy atom. The molecule has 0 bridgehead atoms. The van der Waals surface area contributed by atoms with Gasteiger partial charge in [-0.05, 0) is 83.3 Å². The van der Waals surface area contributed by atoms with Crippen LogP contribution in [0.3, 0.4) is 0 Å². The van der Waals surface area contributed by atoms with Gasteiger partial charge in [0.15, 0.2) is 0 Å². The molecular formula is C20H16IN3O2. The van der Waals surface area contributed by atoms with Crippen LogP contribution in [0.25, 0.3) is 0 Å². The van der Waals surface area contributed by atoms with Crippen molar-refractivity contribution in [3.63, 3.8) is 0 Å². The van der Waals surface area contributed by atoms with E-state index in [0.29, 0.717) is 22.6 Å². The Morgan fingerprint density at radius 3 is 1.69 bits per heavy atom. The molecule has 0 radical (unpaired) electrons. The first-order valence-corrected chi connectivity index (χ1v) is 8.98. The van der Waals surface area contributed by atoms with Gasteiger partial charge in [-0.25, -0.2) is 4.79 Å². The normalized spacial score (nSPS) is 10.0. The maximum Gasteiger partial charge on any atom is 0.323 e. The Balaban J connectivity index is 1.57. The summed E-state index contributed by atoms with van der Waals surface area (Å²) in [5, 5.41) is 8.32. The van der Waals surface area contributed by atoms with E-state index in [2.05, 4.69) is 38.5 Å². The highest BCUT2D eigenvalue weighted by atomic mass is 127. The minimum absolute atomic E-state index is 0.177. The molecular weight excluding hydrogens is 441 g/mol. The van der Waals surface area contributed by atoms with E-state index in [1.54, 1.807) is 36.4 Å². The molecule has 0 aliphatic carbocycles. The third-order valence-electron chi connectivity index (χ3n) is 3.54. The van der Waals surface area contributed by atoms with E-state index in [1.165, 1.54) is 0 Å². The quantitative estimate of drug-likeness (QED) is 0.472. The fourth-order valence-electron chi connectivity index (χ4n) is 2.26. The Bertz CT molecular complexity index is 895. The van der Waals surface area contributed by atoms with Crippen molar-refractivity contribution < 1.29 is 9.59 Å². The minimum atomic E-state index is -0.327. The lowest BCUT2D eigenvalue weighted by molar-refractivity contribution is 0.102. The van der Waals surface area contributed by atoms with Crippen molar-refractivity contribution in [1.29, 1.82) is 0 Å². The predicted octanol–water partition coefficient (Wildman–Crippen LogP) is 5.19. The average molecular weight is 457 g/mol. The van der Waals surface area contributed by atoms with Crippen LogP contribution in [0.2, 0.25) is 0 Å². The predicted molar refractivity (Wildman–Crippen MR) is 113 cm³/mol. The molecule has 0 spiro atoms. The molecule has 6 heteroatoms. The molecule has 130 valence electrons. The van der Waals surface area contributed by atoms with Crippen LogP contribution in [0.5, 0.6) is 0 Å². The molecule has 3 rings (SSSR count).